The van der Waals surface area contributed by atoms with Crippen LogP contribution in [0.25, 0.3) is 0 Å². The van der Waals surface area contributed by atoms with E-state index in [1.165, 1.54) is 0 Å². The Morgan fingerprint density at radius 3 is 2.76 bits per heavy atom. The van der Waals surface area contributed by atoms with Crippen LogP contribution in [0.3, 0.4) is 0 Å². The number of aromatic nitrogens is 2. The minimum absolute atomic E-state index is 0.237. The first-order valence-electron chi connectivity index (χ1n) is 8.00. The summed E-state index contributed by atoms with van der Waals surface area (Å²) in [6.45, 7) is 3.66. The first-order valence-corrected chi connectivity index (χ1v) is 8.37. The molecule has 0 aliphatic carbocycles. The number of aryl methyl sites for hydroxylation is 1. The van der Waals surface area contributed by atoms with E-state index >= 15 is 0 Å². The van der Waals surface area contributed by atoms with Gasteiger partial charge >= 0.3 is 6.03 Å². The Labute approximate surface area is 152 Å². The number of urea groups is 1. The van der Waals surface area contributed by atoms with Crippen molar-refractivity contribution in [2.24, 2.45) is 0 Å². The number of nitrogens with one attached hydrogen (secondary N) is 3. The van der Waals surface area contributed by atoms with Crippen LogP contribution in [0.2, 0.25) is 5.02 Å². The van der Waals surface area contributed by atoms with Crippen LogP contribution in [0.15, 0.2) is 30.5 Å². The van der Waals surface area contributed by atoms with Crippen molar-refractivity contribution >= 4 is 35.1 Å². The van der Waals surface area contributed by atoms with Gasteiger partial charge in [-0.25, -0.2) is 9.78 Å². The van der Waals surface area contributed by atoms with Gasteiger partial charge in [0.05, 0.1) is 0 Å². The quantitative estimate of drug-likeness (QED) is 0.657. The van der Waals surface area contributed by atoms with Crippen molar-refractivity contribution < 1.29 is 4.79 Å². The third kappa shape index (κ3) is 6.56. The molecule has 0 fully saturated rings. The number of rotatable bonds is 7. The molecule has 2 rings (SSSR count). The molecule has 3 N–H and O–H groups in total. The lowest BCUT2D eigenvalue weighted by molar-refractivity contribution is 0.262. The number of halogens is 1. The molecule has 0 saturated carbocycles. The molecule has 25 heavy (non-hydrogen) atoms. The van der Waals surface area contributed by atoms with E-state index in [0.717, 1.165) is 25.1 Å². The van der Waals surface area contributed by atoms with Crippen LogP contribution in [-0.2, 0) is 0 Å². The fraction of sp³-hybridized carbons (Fsp3) is 0.353. The molecular weight excluding hydrogens is 340 g/mol. The summed E-state index contributed by atoms with van der Waals surface area (Å²) in [7, 11) is 4.07. The van der Waals surface area contributed by atoms with Crippen LogP contribution in [0, 0.1) is 6.92 Å². The molecule has 0 aliphatic heterocycles. The number of hydrogen-bond acceptors (Lipinski definition) is 5. The smallest absolute Gasteiger partial charge is 0.326 e. The van der Waals surface area contributed by atoms with E-state index in [2.05, 4.69) is 30.8 Å². The van der Waals surface area contributed by atoms with Gasteiger partial charge in [0, 0.05) is 23.5 Å². The van der Waals surface area contributed by atoms with Crippen molar-refractivity contribution in [3.05, 3.63) is 41.0 Å². The number of benzene rings is 1. The van der Waals surface area contributed by atoms with Gasteiger partial charge < -0.3 is 15.5 Å². The number of hydrogen-bond donors (Lipinski definition) is 3. The van der Waals surface area contributed by atoms with Crippen LogP contribution >= 0.6 is 11.6 Å². The highest BCUT2D eigenvalue weighted by Gasteiger charge is 2.06. The van der Waals surface area contributed by atoms with Gasteiger partial charge in [-0.2, -0.15) is 4.98 Å². The summed E-state index contributed by atoms with van der Waals surface area (Å²) >= 11 is 5.98. The van der Waals surface area contributed by atoms with Gasteiger partial charge in [0.1, 0.15) is 5.82 Å². The fourth-order valence-electron chi connectivity index (χ4n) is 2.12. The third-order valence-corrected chi connectivity index (χ3v) is 3.81. The maximum atomic E-state index is 12.1. The molecule has 1 aromatic heterocycles. The fourth-order valence-corrected chi connectivity index (χ4v) is 2.23. The van der Waals surface area contributed by atoms with Crippen molar-refractivity contribution in [1.82, 2.24) is 14.9 Å². The van der Waals surface area contributed by atoms with Gasteiger partial charge in [0.25, 0.3) is 0 Å². The summed E-state index contributed by atoms with van der Waals surface area (Å²) in [5.74, 6) is 0.909. The number of anilines is 3. The maximum Gasteiger partial charge on any atom is 0.326 e. The lowest BCUT2D eigenvalue weighted by Crippen LogP contribution is -2.21. The number of amides is 2. The molecule has 1 aromatic carbocycles. The molecule has 8 heteroatoms. The highest BCUT2D eigenvalue weighted by molar-refractivity contribution is 6.31. The predicted octanol–water partition coefficient (Wildman–Crippen LogP) is 3.45. The first kappa shape index (κ1) is 19.0. The summed E-state index contributed by atoms with van der Waals surface area (Å²) in [6, 6.07) is 6.62. The summed E-state index contributed by atoms with van der Waals surface area (Å²) in [5.41, 5.74) is 1.54. The Morgan fingerprint density at radius 2 is 2.04 bits per heavy atom. The Hall–Kier alpha value is -2.38. The largest absolute Gasteiger partial charge is 0.370 e. The summed E-state index contributed by atoms with van der Waals surface area (Å²) in [6.07, 6.45) is 2.60. The molecule has 0 spiro atoms. The second-order valence-corrected chi connectivity index (χ2v) is 6.30. The molecule has 2 amide bonds. The molecule has 134 valence electrons. The predicted molar refractivity (Wildman–Crippen MR) is 103 cm³/mol. The number of nitrogens with zero attached hydrogens (tertiary/aromatic N) is 3. The van der Waals surface area contributed by atoms with Gasteiger partial charge in [0.2, 0.25) is 5.95 Å². The monoisotopic (exact) mass is 362 g/mol. The molecular formula is C17H23ClN6O. The Bertz CT molecular complexity index is 722. The highest BCUT2D eigenvalue weighted by Crippen LogP contribution is 2.19. The summed E-state index contributed by atoms with van der Waals surface area (Å²) in [5, 5.41) is 9.22. The van der Waals surface area contributed by atoms with Crippen molar-refractivity contribution in [3.8, 4) is 0 Å². The Kier molecular flexibility index (Phi) is 6.97. The third-order valence-electron chi connectivity index (χ3n) is 3.38. The molecule has 0 unspecified atom stereocenters. The van der Waals surface area contributed by atoms with E-state index < -0.39 is 6.03 Å². The van der Waals surface area contributed by atoms with Gasteiger partial charge in [-0.15, -0.1) is 0 Å². The van der Waals surface area contributed by atoms with Crippen LogP contribution in [0.1, 0.15) is 12.0 Å². The Morgan fingerprint density at radius 1 is 1.24 bits per heavy atom. The first-order chi connectivity index (χ1) is 11.9. The molecule has 2 aromatic rings. The van der Waals surface area contributed by atoms with Crippen LogP contribution in [-0.4, -0.2) is 48.1 Å². The Balaban J connectivity index is 1.87. The normalized spacial score (nSPS) is 10.6. The van der Waals surface area contributed by atoms with Gasteiger partial charge in [-0.3, -0.25) is 5.32 Å². The molecule has 0 radical (unpaired) electrons. The second kappa shape index (κ2) is 9.19. The zero-order valence-corrected chi connectivity index (χ0v) is 15.4. The maximum absolute atomic E-state index is 12.1. The van der Waals surface area contributed by atoms with Gasteiger partial charge in [-0.1, -0.05) is 11.6 Å². The van der Waals surface area contributed by atoms with E-state index in [1.54, 1.807) is 30.5 Å². The standard InChI is InChI=1S/C17H23ClN6O/c1-12-11-13(5-6-14(12)18)21-17(25)23-16-20-9-7-15(22-16)19-8-4-10-24(2)3/h5-7,9,11H,4,8,10H2,1-3H3,(H3,19,20,21,22,23,25). The molecule has 0 saturated heterocycles. The van der Waals surface area contributed by atoms with E-state index in [9.17, 15) is 4.79 Å². The van der Waals surface area contributed by atoms with E-state index in [-0.39, 0.29) is 5.95 Å². The number of carbonyl (C=O) groups is 1. The average molecular weight is 363 g/mol. The van der Waals surface area contributed by atoms with Gasteiger partial charge in [0.15, 0.2) is 0 Å². The topological polar surface area (TPSA) is 82.2 Å². The van der Waals surface area contributed by atoms with Crippen LogP contribution < -0.4 is 16.0 Å². The summed E-state index contributed by atoms with van der Waals surface area (Å²) in [4.78, 5) is 22.5. The van der Waals surface area contributed by atoms with Crippen molar-refractivity contribution in [2.45, 2.75) is 13.3 Å². The van der Waals surface area contributed by atoms with Crippen molar-refractivity contribution in [1.29, 1.82) is 0 Å². The van der Waals surface area contributed by atoms with E-state index in [4.69, 9.17) is 11.6 Å². The zero-order valence-electron chi connectivity index (χ0n) is 14.6. The highest BCUT2D eigenvalue weighted by atomic mass is 35.5. The second-order valence-electron chi connectivity index (χ2n) is 5.89. The summed E-state index contributed by atoms with van der Waals surface area (Å²) < 4.78 is 0. The lowest BCUT2D eigenvalue weighted by atomic mass is 10.2. The van der Waals surface area contributed by atoms with E-state index in [0.29, 0.717) is 16.5 Å². The van der Waals surface area contributed by atoms with Gasteiger partial charge in [-0.05, 0) is 63.8 Å². The zero-order chi connectivity index (χ0) is 18.2. The van der Waals surface area contributed by atoms with Crippen LogP contribution in [0.5, 0.6) is 0 Å². The lowest BCUT2D eigenvalue weighted by Gasteiger charge is -2.11. The minimum Gasteiger partial charge on any atom is -0.370 e. The van der Waals surface area contributed by atoms with Crippen molar-refractivity contribution in [3.63, 3.8) is 0 Å². The average Bonchev–Trinajstić information content (AvgIpc) is 2.55. The SMILES string of the molecule is Cc1cc(NC(=O)Nc2nccc(NCCCN(C)C)n2)ccc1Cl. The molecule has 7 nitrogen and oxygen atoms in total. The van der Waals surface area contributed by atoms with Crippen molar-refractivity contribution in [2.75, 3.05) is 43.1 Å². The molecule has 1 heterocycles. The number of carbonyl (C=O) groups excluding carboxylic acids is 1. The molecule has 0 bridgehead atoms. The minimum atomic E-state index is -0.411. The van der Waals surface area contributed by atoms with Crippen LogP contribution in [0.4, 0.5) is 22.2 Å². The molecule has 0 atom stereocenters. The van der Waals surface area contributed by atoms with E-state index in [1.807, 2.05) is 21.0 Å². The molecule has 0 aliphatic rings.